The molecular formula is C13H20N2. The van der Waals surface area contributed by atoms with Crippen molar-refractivity contribution in [2.24, 2.45) is 5.41 Å². The molecule has 0 amide bonds. The standard InChI is InChI=1S/C13H20N2/c1-13(8-4-2-5-9-13)11-15-12-7-3-6-10-14-12/h3,6-7,10H,2,4-5,8-9,11H2,1H3,(H,14,15). The zero-order valence-electron chi connectivity index (χ0n) is 9.50. The Morgan fingerprint density at radius 1 is 1.27 bits per heavy atom. The first-order chi connectivity index (χ1) is 7.29. The lowest BCUT2D eigenvalue weighted by atomic mass is 9.76. The highest BCUT2D eigenvalue weighted by Crippen LogP contribution is 2.35. The maximum Gasteiger partial charge on any atom is 0.125 e. The molecule has 1 fully saturated rings. The first-order valence-electron chi connectivity index (χ1n) is 5.93. The van der Waals surface area contributed by atoms with Crippen LogP contribution in [0.4, 0.5) is 5.82 Å². The Hall–Kier alpha value is -1.05. The van der Waals surface area contributed by atoms with Gasteiger partial charge >= 0.3 is 0 Å². The molecule has 2 rings (SSSR count). The van der Waals surface area contributed by atoms with Gasteiger partial charge in [0.15, 0.2) is 0 Å². The van der Waals surface area contributed by atoms with Gasteiger partial charge in [0.2, 0.25) is 0 Å². The first kappa shape index (κ1) is 10.5. The van der Waals surface area contributed by atoms with Crippen LogP contribution in [0.1, 0.15) is 39.0 Å². The van der Waals surface area contributed by atoms with Crippen molar-refractivity contribution in [1.29, 1.82) is 0 Å². The minimum Gasteiger partial charge on any atom is -0.370 e. The van der Waals surface area contributed by atoms with Gasteiger partial charge in [-0.25, -0.2) is 4.98 Å². The molecule has 82 valence electrons. The zero-order chi connectivity index (χ0) is 10.6. The molecule has 0 aromatic carbocycles. The zero-order valence-corrected chi connectivity index (χ0v) is 9.50. The van der Waals surface area contributed by atoms with Crippen LogP contribution in [-0.4, -0.2) is 11.5 Å². The fourth-order valence-electron chi connectivity index (χ4n) is 2.35. The van der Waals surface area contributed by atoms with Gasteiger partial charge in [-0.3, -0.25) is 0 Å². The summed E-state index contributed by atoms with van der Waals surface area (Å²) in [5.41, 5.74) is 0.482. The third-order valence-electron chi connectivity index (χ3n) is 3.42. The largest absolute Gasteiger partial charge is 0.370 e. The molecule has 0 saturated heterocycles. The summed E-state index contributed by atoms with van der Waals surface area (Å²) in [6, 6.07) is 6.01. The van der Waals surface area contributed by atoms with Crippen LogP contribution in [-0.2, 0) is 0 Å². The highest BCUT2D eigenvalue weighted by atomic mass is 15.0. The first-order valence-corrected chi connectivity index (χ1v) is 5.93. The molecule has 1 aliphatic rings. The summed E-state index contributed by atoms with van der Waals surface area (Å²) in [5, 5.41) is 3.44. The van der Waals surface area contributed by atoms with Crippen molar-refractivity contribution in [3.8, 4) is 0 Å². The molecule has 2 heteroatoms. The number of nitrogens with one attached hydrogen (secondary N) is 1. The summed E-state index contributed by atoms with van der Waals surface area (Å²) in [5.74, 6) is 1.00. The van der Waals surface area contributed by atoms with Gasteiger partial charge in [-0.15, -0.1) is 0 Å². The summed E-state index contributed by atoms with van der Waals surface area (Å²) < 4.78 is 0. The van der Waals surface area contributed by atoms with Crippen molar-refractivity contribution < 1.29 is 0 Å². The predicted molar refractivity (Wildman–Crippen MR) is 63.9 cm³/mol. The summed E-state index contributed by atoms with van der Waals surface area (Å²) in [6.45, 7) is 3.45. The number of nitrogens with zero attached hydrogens (tertiary/aromatic N) is 1. The van der Waals surface area contributed by atoms with Gasteiger partial charge in [0, 0.05) is 12.7 Å². The molecule has 0 radical (unpaired) electrons. The minimum absolute atomic E-state index is 0.482. The van der Waals surface area contributed by atoms with Crippen LogP contribution in [0.2, 0.25) is 0 Å². The molecule has 0 atom stereocenters. The highest BCUT2D eigenvalue weighted by Gasteiger charge is 2.26. The van der Waals surface area contributed by atoms with E-state index in [1.54, 1.807) is 0 Å². The summed E-state index contributed by atoms with van der Waals surface area (Å²) in [7, 11) is 0. The average molecular weight is 204 g/mol. The van der Waals surface area contributed by atoms with Crippen LogP contribution in [0.5, 0.6) is 0 Å². The van der Waals surface area contributed by atoms with Gasteiger partial charge in [-0.05, 0) is 30.4 Å². The SMILES string of the molecule is CC1(CNc2ccccn2)CCCCC1. The van der Waals surface area contributed by atoms with Crippen LogP contribution < -0.4 is 5.32 Å². The number of hydrogen-bond donors (Lipinski definition) is 1. The molecule has 0 aliphatic heterocycles. The Kier molecular flexibility index (Phi) is 3.24. The molecule has 1 aliphatic carbocycles. The fourth-order valence-corrected chi connectivity index (χ4v) is 2.35. The van der Waals surface area contributed by atoms with Crippen molar-refractivity contribution in [3.05, 3.63) is 24.4 Å². The fraction of sp³-hybridized carbons (Fsp3) is 0.615. The third-order valence-corrected chi connectivity index (χ3v) is 3.42. The van der Waals surface area contributed by atoms with Crippen molar-refractivity contribution in [2.45, 2.75) is 39.0 Å². The van der Waals surface area contributed by atoms with E-state index in [-0.39, 0.29) is 0 Å². The minimum atomic E-state index is 0.482. The van der Waals surface area contributed by atoms with E-state index in [0.717, 1.165) is 12.4 Å². The van der Waals surface area contributed by atoms with Gasteiger partial charge in [0.05, 0.1) is 0 Å². The smallest absolute Gasteiger partial charge is 0.125 e. The molecule has 1 aromatic heterocycles. The Morgan fingerprint density at radius 2 is 2.07 bits per heavy atom. The Labute approximate surface area is 92.1 Å². The van der Waals surface area contributed by atoms with Crippen LogP contribution in [0.3, 0.4) is 0 Å². The molecule has 1 N–H and O–H groups in total. The monoisotopic (exact) mass is 204 g/mol. The van der Waals surface area contributed by atoms with Crippen molar-refractivity contribution >= 4 is 5.82 Å². The Morgan fingerprint density at radius 3 is 2.73 bits per heavy atom. The third kappa shape index (κ3) is 2.95. The molecule has 0 bridgehead atoms. The van der Waals surface area contributed by atoms with E-state index in [1.165, 1.54) is 32.1 Å². The van der Waals surface area contributed by atoms with Crippen LogP contribution >= 0.6 is 0 Å². The summed E-state index contributed by atoms with van der Waals surface area (Å²) >= 11 is 0. The molecule has 0 unspecified atom stereocenters. The van der Waals surface area contributed by atoms with E-state index in [4.69, 9.17) is 0 Å². The van der Waals surface area contributed by atoms with E-state index >= 15 is 0 Å². The van der Waals surface area contributed by atoms with E-state index in [1.807, 2.05) is 24.4 Å². The molecular weight excluding hydrogens is 184 g/mol. The number of aromatic nitrogens is 1. The van der Waals surface area contributed by atoms with E-state index in [0.29, 0.717) is 5.41 Å². The average Bonchev–Trinajstić information content (AvgIpc) is 2.29. The summed E-state index contributed by atoms with van der Waals surface area (Å²) in [4.78, 5) is 4.28. The molecule has 1 saturated carbocycles. The second-order valence-corrected chi connectivity index (χ2v) is 4.94. The Balaban J connectivity index is 1.87. The van der Waals surface area contributed by atoms with Crippen molar-refractivity contribution in [3.63, 3.8) is 0 Å². The summed E-state index contributed by atoms with van der Waals surface area (Å²) in [6.07, 6.45) is 8.74. The van der Waals surface area contributed by atoms with Crippen LogP contribution in [0, 0.1) is 5.41 Å². The Bertz CT molecular complexity index is 289. The number of hydrogen-bond acceptors (Lipinski definition) is 2. The maximum atomic E-state index is 4.28. The van der Waals surface area contributed by atoms with Gasteiger partial charge in [-0.2, -0.15) is 0 Å². The molecule has 1 heterocycles. The highest BCUT2D eigenvalue weighted by molar-refractivity contribution is 5.33. The van der Waals surface area contributed by atoms with Crippen LogP contribution in [0.25, 0.3) is 0 Å². The van der Waals surface area contributed by atoms with Crippen molar-refractivity contribution in [1.82, 2.24) is 4.98 Å². The van der Waals surface area contributed by atoms with Crippen LogP contribution in [0.15, 0.2) is 24.4 Å². The lowest BCUT2D eigenvalue weighted by molar-refractivity contribution is 0.233. The number of anilines is 1. The number of rotatable bonds is 3. The second-order valence-electron chi connectivity index (χ2n) is 4.94. The number of pyridine rings is 1. The van der Waals surface area contributed by atoms with Gasteiger partial charge < -0.3 is 5.32 Å². The van der Waals surface area contributed by atoms with E-state index < -0.39 is 0 Å². The second kappa shape index (κ2) is 4.65. The topological polar surface area (TPSA) is 24.9 Å². The maximum absolute atomic E-state index is 4.28. The lowest BCUT2D eigenvalue weighted by Crippen LogP contribution is -2.29. The molecule has 2 nitrogen and oxygen atoms in total. The normalized spacial score (nSPS) is 19.8. The lowest BCUT2D eigenvalue weighted by Gasteiger charge is -2.33. The van der Waals surface area contributed by atoms with Gasteiger partial charge in [0.1, 0.15) is 5.82 Å². The predicted octanol–water partition coefficient (Wildman–Crippen LogP) is 3.46. The van der Waals surface area contributed by atoms with E-state index in [2.05, 4.69) is 17.2 Å². The van der Waals surface area contributed by atoms with Crippen molar-refractivity contribution in [2.75, 3.05) is 11.9 Å². The molecule has 15 heavy (non-hydrogen) atoms. The van der Waals surface area contributed by atoms with E-state index in [9.17, 15) is 0 Å². The molecule has 0 spiro atoms. The van der Waals surface area contributed by atoms with Gasteiger partial charge in [0.25, 0.3) is 0 Å². The molecule has 1 aromatic rings. The quantitative estimate of drug-likeness (QED) is 0.815. The van der Waals surface area contributed by atoms with Gasteiger partial charge in [-0.1, -0.05) is 32.3 Å².